The van der Waals surface area contributed by atoms with Crippen molar-refractivity contribution in [3.63, 3.8) is 0 Å². The topological polar surface area (TPSA) is 58.4 Å². The second-order valence-corrected chi connectivity index (χ2v) is 4.98. The molecule has 0 aliphatic carbocycles. The van der Waals surface area contributed by atoms with Crippen molar-refractivity contribution in [2.75, 3.05) is 29.9 Å². The van der Waals surface area contributed by atoms with Crippen LogP contribution < -0.4 is 16.0 Å². The molecule has 1 aromatic carbocycles. The second kappa shape index (κ2) is 5.59. The van der Waals surface area contributed by atoms with Crippen molar-refractivity contribution in [1.29, 1.82) is 0 Å². The first-order valence-electron chi connectivity index (χ1n) is 6.17. The average Bonchev–Trinajstić information content (AvgIpc) is 2.47. The summed E-state index contributed by atoms with van der Waals surface area (Å²) >= 11 is 6.11. The van der Waals surface area contributed by atoms with Crippen molar-refractivity contribution in [3.8, 4) is 0 Å². The van der Waals surface area contributed by atoms with Gasteiger partial charge in [-0.1, -0.05) is 11.6 Å². The summed E-state index contributed by atoms with van der Waals surface area (Å²) in [4.78, 5) is 13.9. The molecule has 1 aliphatic heterocycles. The van der Waals surface area contributed by atoms with Gasteiger partial charge in [-0.2, -0.15) is 0 Å². The van der Waals surface area contributed by atoms with Crippen LogP contribution in [0, 0.1) is 6.92 Å². The minimum absolute atomic E-state index is 0.0527. The number of carbonyl (C=O) groups excluding carboxylic acids is 1. The van der Waals surface area contributed by atoms with Crippen molar-refractivity contribution in [2.45, 2.75) is 19.8 Å². The summed E-state index contributed by atoms with van der Waals surface area (Å²) in [6.45, 7) is 4.15. The Morgan fingerprint density at radius 2 is 2.28 bits per heavy atom. The zero-order chi connectivity index (χ0) is 13.1. The lowest BCUT2D eigenvalue weighted by Crippen LogP contribution is -2.27. The molecule has 1 aliphatic rings. The first-order valence-corrected chi connectivity index (χ1v) is 6.54. The quantitative estimate of drug-likeness (QED) is 0.882. The van der Waals surface area contributed by atoms with Crippen molar-refractivity contribution < 1.29 is 4.79 Å². The molecule has 2 rings (SSSR count). The van der Waals surface area contributed by atoms with Crippen LogP contribution in [0.3, 0.4) is 0 Å². The van der Waals surface area contributed by atoms with Gasteiger partial charge in [-0.05, 0) is 37.6 Å². The van der Waals surface area contributed by atoms with Gasteiger partial charge in [0.05, 0.1) is 11.4 Å². The van der Waals surface area contributed by atoms with Crippen LogP contribution in [0.2, 0.25) is 5.02 Å². The van der Waals surface area contributed by atoms with E-state index in [1.54, 1.807) is 0 Å². The van der Waals surface area contributed by atoms with Crippen molar-refractivity contribution in [2.24, 2.45) is 5.73 Å². The lowest BCUT2D eigenvalue weighted by molar-refractivity contribution is -0.115. The van der Waals surface area contributed by atoms with E-state index in [1.807, 2.05) is 19.1 Å². The second-order valence-electron chi connectivity index (χ2n) is 4.54. The van der Waals surface area contributed by atoms with Gasteiger partial charge >= 0.3 is 0 Å². The normalized spacial score (nSPS) is 15.1. The third-order valence-corrected chi connectivity index (χ3v) is 3.34. The summed E-state index contributed by atoms with van der Waals surface area (Å²) in [6.07, 6.45) is 1.40. The van der Waals surface area contributed by atoms with Gasteiger partial charge in [-0.15, -0.1) is 0 Å². The zero-order valence-corrected chi connectivity index (χ0v) is 11.3. The number of fused-ring (bicyclic) bond motifs is 1. The smallest absolute Gasteiger partial charge is 0.226 e. The van der Waals surface area contributed by atoms with E-state index in [4.69, 9.17) is 17.3 Å². The Hall–Kier alpha value is -1.26. The number of nitrogens with two attached hydrogens (primary N) is 1. The summed E-state index contributed by atoms with van der Waals surface area (Å²) in [5, 5.41) is 3.65. The van der Waals surface area contributed by atoms with Crippen LogP contribution in [0.15, 0.2) is 12.1 Å². The number of benzene rings is 1. The molecular weight excluding hydrogens is 250 g/mol. The first-order chi connectivity index (χ1) is 8.61. The molecule has 0 saturated heterocycles. The Balaban J connectivity index is 2.39. The highest BCUT2D eigenvalue weighted by Crippen LogP contribution is 2.34. The number of anilines is 2. The van der Waals surface area contributed by atoms with E-state index in [2.05, 4.69) is 10.2 Å². The van der Waals surface area contributed by atoms with E-state index < -0.39 is 0 Å². The van der Waals surface area contributed by atoms with Crippen LogP contribution in [0.25, 0.3) is 0 Å². The Morgan fingerprint density at radius 1 is 1.50 bits per heavy atom. The van der Waals surface area contributed by atoms with Crippen molar-refractivity contribution in [3.05, 3.63) is 22.7 Å². The highest BCUT2D eigenvalue weighted by atomic mass is 35.5. The molecule has 0 aromatic heterocycles. The highest BCUT2D eigenvalue weighted by molar-refractivity contribution is 6.31. The fourth-order valence-corrected chi connectivity index (χ4v) is 2.48. The largest absolute Gasteiger partial charge is 0.369 e. The SMILES string of the molecule is Cc1cc(Cl)cc2c1NC(=O)CCN2CCCN. The highest BCUT2D eigenvalue weighted by Gasteiger charge is 2.20. The zero-order valence-electron chi connectivity index (χ0n) is 10.5. The number of amides is 1. The summed E-state index contributed by atoms with van der Waals surface area (Å²) < 4.78 is 0. The Morgan fingerprint density at radius 3 is 3.00 bits per heavy atom. The van der Waals surface area contributed by atoms with Gasteiger partial charge in [0.15, 0.2) is 0 Å². The van der Waals surface area contributed by atoms with Gasteiger partial charge < -0.3 is 16.0 Å². The fraction of sp³-hybridized carbons (Fsp3) is 0.462. The van der Waals surface area contributed by atoms with E-state index in [0.29, 0.717) is 24.5 Å². The maximum Gasteiger partial charge on any atom is 0.226 e. The molecule has 0 spiro atoms. The van der Waals surface area contributed by atoms with Gasteiger partial charge in [0, 0.05) is 24.5 Å². The van der Waals surface area contributed by atoms with E-state index in [-0.39, 0.29) is 5.91 Å². The minimum atomic E-state index is 0.0527. The van der Waals surface area contributed by atoms with Crippen LogP contribution in [-0.4, -0.2) is 25.5 Å². The molecule has 1 amide bonds. The van der Waals surface area contributed by atoms with Gasteiger partial charge in [0.1, 0.15) is 0 Å². The molecule has 1 heterocycles. The summed E-state index contributed by atoms with van der Waals surface area (Å²) in [5.74, 6) is 0.0527. The lowest BCUT2D eigenvalue weighted by atomic mass is 10.1. The molecule has 3 N–H and O–H groups in total. The number of carbonyl (C=O) groups is 1. The molecule has 18 heavy (non-hydrogen) atoms. The first kappa shape index (κ1) is 13.2. The van der Waals surface area contributed by atoms with E-state index in [9.17, 15) is 4.79 Å². The maximum absolute atomic E-state index is 11.7. The number of nitrogens with one attached hydrogen (secondary N) is 1. The molecule has 0 fully saturated rings. The third-order valence-electron chi connectivity index (χ3n) is 3.13. The predicted octanol–water partition coefficient (Wildman–Crippen LogP) is 2.15. The number of halogens is 1. The summed E-state index contributed by atoms with van der Waals surface area (Å²) in [6, 6.07) is 3.78. The van der Waals surface area contributed by atoms with E-state index in [0.717, 1.165) is 29.9 Å². The lowest BCUT2D eigenvalue weighted by Gasteiger charge is -2.25. The molecule has 0 radical (unpaired) electrons. The van der Waals surface area contributed by atoms with Gasteiger partial charge in [0.25, 0.3) is 0 Å². The fourth-order valence-electron chi connectivity index (χ4n) is 2.21. The molecule has 0 saturated carbocycles. The van der Waals surface area contributed by atoms with Crippen LogP contribution in [0.4, 0.5) is 11.4 Å². The molecule has 5 heteroatoms. The summed E-state index contributed by atoms with van der Waals surface area (Å²) in [5.41, 5.74) is 8.42. The number of hydrogen-bond acceptors (Lipinski definition) is 3. The Kier molecular flexibility index (Phi) is 4.09. The summed E-state index contributed by atoms with van der Waals surface area (Å²) in [7, 11) is 0. The van der Waals surface area contributed by atoms with Crippen LogP contribution >= 0.6 is 11.6 Å². The Bertz CT molecular complexity index is 462. The van der Waals surface area contributed by atoms with Crippen LogP contribution in [0.5, 0.6) is 0 Å². The van der Waals surface area contributed by atoms with Gasteiger partial charge in [0.2, 0.25) is 5.91 Å². The average molecular weight is 268 g/mol. The van der Waals surface area contributed by atoms with Crippen LogP contribution in [-0.2, 0) is 4.79 Å². The molecule has 0 atom stereocenters. The molecular formula is C13H18ClN3O. The van der Waals surface area contributed by atoms with Gasteiger partial charge in [-0.25, -0.2) is 0 Å². The monoisotopic (exact) mass is 267 g/mol. The van der Waals surface area contributed by atoms with E-state index >= 15 is 0 Å². The molecule has 4 nitrogen and oxygen atoms in total. The molecule has 98 valence electrons. The molecule has 1 aromatic rings. The van der Waals surface area contributed by atoms with Crippen LogP contribution in [0.1, 0.15) is 18.4 Å². The molecule has 0 unspecified atom stereocenters. The minimum Gasteiger partial charge on any atom is -0.369 e. The standard InChI is InChI=1S/C13H18ClN3O/c1-9-7-10(14)8-11-13(9)16-12(18)3-6-17(11)5-2-4-15/h7-8H,2-6,15H2,1H3,(H,16,18). The van der Waals surface area contributed by atoms with Gasteiger partial charge in [-0.3, -0.25) is 4.79 Å². The van der Waals surface area contributed by atoms with Crippen molar-refractivity contribution in [1.82, 2.24) is 0 Å². The van der Waals surface area contributed by atoms with E-state index in [1.165, 1.54) is 0 Å². The number of nitrogens with zero attached hydrogens (tertiary/aromatic N) is 1. The number of rotatable bonds is 3. The predicted molar refractivity (Wildman–Crippen MR) is 75.3 cm³/mol. The Labute approximate surface area is 112 Å². The maximum atomic E-state index is 11.7. The molecule has 0 bridgehead atoms. The van der Waals surface area contributed by atoms with Crippen molar-refractivity contribution >= 4 is 28.9 Å². The number of hydrogen-bond donors (Lipinski definition) is 2. The number of aryl methyl sites for hydroxylation is 1. The third kappa shape index (κ3) is 2.76.